The fourth-order valence-corrected chi connectivity index (χ4v) is 4.17. The van der Waals surface area contributed by atoms with Crippen LogP contribution in [-0.2, 0) is 16.3 Å². The van der Waals surface area contributed by atoms with Gasteiger partial charge in [-0.3, -0.25) is 4.99 Å². The first-order valence-electron chi connectivity index (χ1n) is 7.48. The molecule has 0 aliphatic carbocycles. The molecule has 1 fully saturated rings. The molecule has 1 heterocycles. The van der Waals surface area contributed by atoms with Crippen LogP contribution in [0.3, 0.4) is 0 Å². The van der Waals surface area contributed by atoms with Crippen LogP contribution in [0, 0.1) is 0 Å². The van der Waals surface area contributed by atoms with Crippen molar-refractivity contribution in [3.05, 3.63) is 34.9 Å². The molecule has 2 N–H and O–H groups in total. The molecular weight excluding hydrogens is 322 g/mol. The van der Waals surface area contributed by atoms with Gasteiger partial charge in [0.15, 0.2) is 15.8 Å². The molecule has 5 nitrogen and oxygen atoms in total. The van der Waals surface area contributed by atoms with Gasteiger partial charge in [-0.25, -0.2) is 8.42 Å². The molecule has 1 unspecified atom stereocenters. The van der Waals surface area contributed by atoms with E-state index in [-0.39, 0.29) is 17.5 Å². The summed E-state index contributed by atoms with van der Waals surface area (Å²) < 4.78 is 23.0. The van der Waals surface area contributed by atoms with Crippen LogP contribution in [0.25, 0.3) is 0 Å². The van der Waals surface area contributed by atoms with E-state index in [1.807, 2.05) is 31.2 Å². The molecule has 7 heteroatoms. The minimum atomic E-state index is -2.88. The van der Waals surface area contributed by atoms with E-state index in [1.54, 1.807) is 0 Å². The Morgan fingerprint density at radius 1 is 1.36 bits per heavy atom. The maximum absolute atomic E-state index is 11.5. The van der Waals surface area contributed by atoms with Crippen LogP contribution in [-0.4, -0.2) is 45.0 Å². The molecule has 22 heavy (non-hydrogen) atoms. The number of guanidine groups is 1. The SMILES string of the molecule is CCNC(=NCCc1ccc(Cl)cc1)NC1CCS(=O)(=O)C1. The summed E-state index contributed by atoms with van der Waals surface area (Å²) in [6, 6.07) is 7.67. The molecule has 0 amide bonds. The van der Waals surface area contributed by atoms with E-state index in [0.717, 1.165) is 18.0 Å². The summed E-state index contributed by atoms with van der Waals surface area (Å²) in [7, 11) is -2.88. The van der Waals surface area contributed by atoms with Crippen molar-refractivity contribution in [2.45, 2.75) is 25.8 Å². The van der Waals surface area contributed by atoms with Gasteiger partial charge in [0.2, 0.25) is 0 Å². The molecule has 1 aromatic carbocycles. The van der Waals surface area contributed by atoms with Crippen molar-refractivity contribution >= 4 is 27.4 Å². The fraction of sp³-hybridized carbons (Fsp3) is 0.533. The molecule has 1 aliphatic rings. The number of nitrogens with one attached hydrogen (secondary N) is 2. The summed E-state index contributed by atoms with van der Waals surface area (Å²) >= 11 is 5.86. The number of halogens is 1. The quantitative estimate of drug-likeness (QED) is 0.629. The first-order chi connectivity index (χ1) is 10.5. The molecule has 122 valence electrons. The van der Waals surface area contributed by atoms with E-state index < -0.39 is 9.84 Å². The van der Waals surface area contributed by atoms with E-state index in [1.165, 1.54) is 5.56 Å². The number of benzene rings is 1. The van der Waals surface area contributed by atoms with Crippen LogP contribution in [0.1, 0.15) is 18.9 Å². The standard InChI is InChI=1S/C15H22ClN3O2S/c1-2-17-15(19-14-8-10-22(20,21)11-14)18-9-7-12-3-5-13(16)6-4-12/h3-6,14H,2,7-11H2,1H3,(H2,17,18,19). The largest absolute Gasteiger partial charge is 0.357 e. The van der Waals surface area contributed by atoms with Gasteiger partial charge >= 0.3 is 0 Å². The van der Waals surface area contributed by atoms with Gasteiger partial charge in [0.05, 0.1) is 11.5 Å². The monoisotopic (exact) mass is 343 g/mol. The Morgan fingerprint density at radius 3 is 2.68 bits per heavy atom. The highest BCUT2D eigenvalue weighted by Gasteiger charge is 2.28. The lowest BCUT2D eigenvalue weighted by Gasteiger charge is -2.15. The van der Waals surface area contributed by atoms with Crippen LogP contribution in [0.15, 0.2) is 29.3 Å². The third-order valence-electron chi connectivity index (χ3n) is 3.50. The van der Waals surface area contributed by atoms with Crippen LogP contribution >= 0.6 is 11.6 Å². The Kier molecular flexibility index (Phi) is 6.08. The van der Waals surface area contributed by atoms with E-state index >= 15 is 0 Å². The van der Waals surface area contributed by atoms with Crippen LogP contribution < -0.4 is 10.6 Å². The average molecular weight is 344 g/mol. The maximum atomic E-state index is 11.5. The van der Waals surface area contributed by atoms with E-state index in [2.05, 4.69) is 15.6 Å². The third-order valence-corrected chi connectivity index (χ3v) is 5.52. The van der Waals surface area contributed by atoms with E-state index in [9.17, 15) is 8.42 Å². The zero-order chi connectivity index (χ0) is 16.0. The van der Waals surface area contributed by atoms with Crippen molar-refractivity contribution in [1.82, 2.24) is 10.6 Å². The zero-order valence-electron chi connectivity index (χ0n) is 12.7. The Balaban J connectivity index is 1.88. The number of aliphatic imine (C=N–C) groups is 1. The Hall–Kier alpha value is -1.27. The lowest BCUT2D eigenvalue weighted by Crippen LogP contribution is -2.44. The summed E-state index contributed by atoms with van der Waals surface area (Å²) in [6.07, 6.45) is 1.46. The van der Waals surface area contributed by atoms with Gasteiger partial charge < -0.3 is 10.6 Å². The summed E-state index contributed by atoms with van der Waals surface area (Å²) in [4.78, 5) is 4.51. The molecule has 0 bridgehead atoms. The van der Waals surface area contributed by atoms with Gasteiger partial charge in [-0.05, 0) is 37.5 Å². The molecule has 2 rings (SSSR count). The van der Waals surface area contributed by atoms with Crippen LogP contribution in [0.2, 0.25) is 5.02 Å². The number of hydrogen-bond donors (Lipinski definition) is 2. The predicted molar refractivity (Wildman–Crippen MR) is 91.3 cm³/mol. The first-order valence-corrected chi connectivity index (χ1v) is 9.68. The van der Waals surface area contributed by atoms with Gasteiger partial charge in [0.1, 0.15) is 0 Å². The van der Waals surface area contributed by atoms with Crippen molar-refractivity contribution in [3.8, 4) is 0 Å². The van der Waals surface area contributed by atoms with E-state index in [4.69, 9.17) is 11.6 Å². The molecule has 1 atom stereocenters. The van der Waals surface area contributed by atoms with Crippen molar-refractivity contribution in [2.24, 2.45) is 4.99 Å². The number of nitrogens with zero attached hydrogens (tertiary/aromatic N) is 1. The van der Waals surface area contributed by atoms with Crippen LogP contribution in [0.5, 0.6) is 0 Å². The number of sulfone groups is 1. The Morgan fingerprint density at radius 2 is 2.09 bits per heavy atom. The highest BCUT2D eigenvalue weighted by atomic mass is 35.5. The Bertz CT molecular complexity index is 614. The molecule has 0 spiro atoms. The molecule has 1 saturated heterocycles. The smallest absolute Gasteiger partial charge is 0.191 e. The molecule has 1 aliphatic heterocycles. The zero-order valence-corrected chi connectivity index (χ0v) is 14.3. The second kappa shape index (κ2) is 7.83. The predicted octanol–water partition coefficient (Wildman–Crippen LogP) is 1.62. The highest BCUT2D eigenvalue weighted by Crippen LogP contribution is 2.11. The third kappa shape index (κ3) is 5.50. The maximum Gasteiger partial charge on any atom is 0.191 e. The van der Waals surface area contributed by atoms with E-state index in [0.29, 0.717) is 18.9 Å². The van der Waals surface area contributed by atoms with Crippen LogP contribution in [0.4, 0.5) is 0 Å². The number of rotatable bonds is 5. The van der Waals surface area contributed by atoms with Gasteiger partial charge in [0.25, 0.3) is 0 Å². The normalized spacial score (nSPS) is 20.8. The Labute approximate surface area is 137 Å². The minimum Gasteiger partial charge on any atom is -0.357 e. The second-order valence-electron chi connectivity index (χ2n) is 5.38. The van der Waals surface area contributed by atoms with Gasteiger partial charge in [-0.1, -0.05) is 23.7 Å². The summed E-state index contributed by atoms with van der Waals surface area (Å²) in [6.45, 7) is 3.37. The molecule has 0 radical (unpaired) electrons. The first kappa shape index (κ1) is 17.1. The van der Waals surface area contributed by atoms with Crippen molar-refractivity contribution in [3.63, 3.8) is 0 Å². The summed E-state index contributed by atoms with van der Waals surface area (Å²) in [5.41, 5.74) is 1.17. The van der Waals surface area contributed by atoms with Gasteiger partial charge in [-0.2, -0.15) is 0 Å². The molecule has 0 aromatic heterocycles. The second-order valence-corrected chi connectivity index (χ2v) is 8.05. The topological polar surface area (TPSA) is 70.6 Å². The summed E-state index contributed by atoms with van der Waals surface area (Å²) in [5, 5.41) is 7.09. The molecule has 1 aromatic rings. The van der Waals surface area contributed by atoms with Crippen molar-refractivity contribution in [2.75, 3.05) is 24.6 Å². The van der Waals surface area contributed by atoms with Crippen molar-refractivity contribution < 1.29 is 8.42 Å². The molecule has 0 saturated carbocycles. The molecular formula is C15H22ClN3O2S. The fourth-order valence-electron chi connectivity index (χ4n) is 2.37. The summed E-state index contributed by atoms with van der Waals surface area (Å²) in [5.74, 6) is 1.13. The van der Waals surface area contributed by atoms with Gasteiger partial charge in [0, 0.05) is 24.2 Å². The lowest BCUT2D eigenvalue weighted by molar-refractivity contribution is 0.599. The lowest BCUT2D eigenvalue weighted by atomic mass is 10.1. The minimum absolute atomic E-state index is 0.0432. The van der Waals surface area contributed by atoms with Gasteiger partial charge in [-0.15, -0.1) is 0 Å². The highest BCUT2D eigenvalue weighted by molar-refractivity contribution is 7.91. The average Bonchev–Trinajstić information content (AvgIpc) is 2.80. The van der Waals surface area contributed by atoms with Crippen molar-refractivity contribution in [1.29, 1.82) is 0 Å². The number of hydrogen-bond acceptors (Lipinski definition) is 3.